The van der Waals surface area contributed by atoms with E-state index in [1.165, 1.54) is 23.1 Å². The zero-order chi connectivity index (χ0) is 13.7. The number of aromatic nitrogens is 3. The number of aryl methyl sites for hydroxylation is 1. The van der Waals surface area contributed by atoms with Crippen LogP contribution >= 0.6 is 34.9 Å². The fourth-order valence-electron chi connectivity index (χ4n) is 1.17. The summed E-state index contributed by atoms with van der Waals surface area (Å²) in [5.41, 5.74) is 0.895. The van der Waals surface area contributed by atoms with Crippen molar-refractivity contribution in [3.05, 3.63) is 17.0 Å². The second-order valence-corrected chi connectivity index (χ2v) is 6.18. The molecule has 0 radical (unpaired) electrons. The number of nitrogens with one attached hydrogen (secondary N) is 1. The number of amides is 1. The van der Waals surface area contributed by atoms with Crippen molar-refractivity contribution in [1.29, 1.82) is 0 Å². The Bertz CT molecular complexity index is 554. The van der Waals surface area contributed by atoms with Gasteiger partial charge in [0.15, 0.2) is 5.13 Å². The summed E-state index contributed by atoms with van der Waals surface area (Å²) in [4.78, 5) is 15.8. The largest absolute Gasteiger partial charge is 0.415 e. The van der Waals surface area contributed by atoms with Crippen molar-refractivity contribution < 1.29 is 9.21 Å². The summed E-state index contributed by atoms with van der Waals surface area (Å²) in [5.74, 6) is 1.34. The number of thioether (sulfide) groups is 2. The van der Waals surface area contributed by atoms with Crippen LogP contribution in [0.5, 0.6) is 0 Å². The van der Waals surface area contributed by atoms with Crippen molar-refractivity contribution in [3.63, 3.8) is 0 Å². The van der Waals surface area contributed by atoms with Crippen LogP contribution < -0.4 is 5.32 Å². The Morgan fingerprint density at radius 2 is 2.37 bits per heavy atom. The van der Waals surface area contributed by atoms with Gasteiger partial charge in [-0.1, -0.05) is 11.8 Å². The summed E-state index contributed by atoms with van der Waals surface area (Å²) in [6.07, 6.45) is 1.96. The molecule has 0 aliphatic rings. The van der Waals surface area contributed by atoms with Gasteiger partial charge in [0.05, 0.1) is 17.2 Å². The third-order valence-corrected chi connectivity index (χ3v) is 4.14. The molecule has 0 saturated heterocycles. The smallest absolute Gasteiger partial charge is 0.277 e. The van der Waals surface area contributed by atoms with Crippen LogP contribution in [-0.4, -0.2) is 33.1 Å². The highest BCUT2D eigenvalue weighted by atomic mass is 32.2. The van der Waals surface area contributed by atoms with Crippen LogP contribution in [0.4, 0.5) is 5.13 Å². The minimum absolute atomic E-state index is 0.135. The third kappa shape index (κ3) is 4.51. The van der Waals surface area contributed by atoms with Crippen LogP contribution in [-0.2, 0) is 10.5 Å². The molecule has 0 atom stereocenters. The van der Waals surface area contributed by atoms with Crippen LogP contribution in [0.15, 0.2) is 15.0 Å². The summed E-state index contributed by atoms with van der Waals surface area (Å²) in [5, 5.41) is 13.4. The number of hydrogen-bond acceptors (Lipinski definition) is 8. The zero-order valence-corrected chi connectivity index (χ0v) is 12.8. The van der Waals surface area contributed by atoms with Crippen molar-refractivity contribution in [1.82, 2.24) is 15.2 Å². The first-order valence-corrected chi connectivity index (χ1v) is 8.59. The first-order valence-electron chi connectivity index (χ1n) is 5.33. The maximum absolute atomic E-state index is 11.7. The molecule has 0 spiro atoms. The highest BCUT2D eigenvalue weighted by Crippen LogP contribution is 2.19. The Morgan fingerprint density at radius 1 is 1.53 bits per heavy atom. The molecule has 2 aromatic rings. The van der Waals surface area contributed by atoms with E-state index in [1.54, 1.807) is 11.8 Å². The molecule has 0 unspecified atom stereocenters. The molecule has 2 aromatic heterocycles. The van der Waals surface area contributed by atoms with Gasteiger partial charge in [0.25, 0.3) is 5.22 Å². The summed E-state index contributed by atoms with van der Waals surface area (Å²) in [6, 6.07) is 0. The van der Waals surface area contributed by atoms with E-state index in [0.717, 1.165) is 5.69 Å². The number of carbonyl (C=O) groups is 1. The van der Waals surface area contributed by atoms with Crippen molar-refractivity contribution >= 4 is 45.9 Å². The molecule has 0 saturated carbocycles. The molecule has 0 fully saturated rings. The van der Waals surface area contributed by atoms with Gasteiger partial charge in [-0.25, -0.2) is 4.98 Å². The van der Waals surface area contributed by atoms with E-state index in [9.17, 15) is 4.79 Å². The van der Waals surface area contributed by atoms with Crippen molar-refractivity contribution in [2.24, 2.45) is 0 Å². The van der Waals surface area contributed by atoms with Gasteiger partial charge in [0, 0.05) is 5.38 Å². The first kappa shape index (κ1) is 14.4. The number of rotatable bonds is 6. The van der Waals surface area contributed by atoms with Gasteiger partial charge in [-0.15, -0.1) is 21.5 Å². The van der Waals surface area contributed by atoms with E-state index >= 15 is 0 Å². The average molecular weight is 316 g/mol. The standard InChI is InChI=1S/C10H12N4O2S3/c1-6-3-18-9(11-6)12-7(15)4-19-10-14-13-8(16-10)5-17-2/h3H,4-5H2,1-2H3,(H,11,12,15). The molecule has 6 nitrogen and oxygen atoms in total. The topological polar surface area (TPSA) is 80.9 Å². The maximum atomic E-state index is 11.7. The van der Waals surface area contributed by atoms with Crippen LogP contribution in [0.3, 0.4) is 0 Å². The summed E-state index contributed by atoms with van der Waals surface area (Å²) < 4.78 is 5.36. The monoisotopic (exact) mass is 316 g/mol. The Morgan fingerprint density at radius 3 is 3.05 bits per heavy atom. The minimum Gasteiger partial charge on any atom is -0.415 e. The lowest BCUT2D eigenvalue weighted by molar-refractivity contribution is -0.113. The van der Waals surface area contributed by atoms with Gasteiger partial charge >= 0.3 is 0 Å². The molecule has 1 N–H and O–H groups in total. The Balaban J connectivity index is 1.79. The van der Waals surface area contributed by atoms with E-state index in [4.69, 9.17) is 4.42 Å². The van der Waals surface area contributed by atoms with Crippen molar-refractivity contribution in [2.45, 2.75) is 17.9 Å². The van der Waals surface area contributed by atoms with Gasteiger partial charge < -0.3 is 9.73 Å². The quantitative estimate of drug-likeness (QED) is 0.820. The molecule has 0 aliphatic carbocycles. The number of thiazole rings is 1. The van der Waals surface area contributed by atoms with E-state index in [2.05, 4.69) is 20.5 Å². The molecule has 9 heteroatoms. The molecule has 0 bridgehead atoms. The number of carbonyl (C=O) groups excluding carboxylic acids is 1. The van der Waals surface area contributed by atoms with Crippen LogP contribution in [0.25, 0.3) is 0 Å². The number of hydrogen-bond donors (Lipinski definition) is 1. The minimum atomic E-state index is -0.135. The number of nitrogens with zero attached hydrogens (tertiary/aromatic N) is 3. The SMILES string of the molecule is CSCc1nnc(SCC(=O)Nc2nc(C)cs2)o1. The second-order valence-electron chi connectivity index (χ2n) is 3.53. The Kier molecular flexibility index (Phi) is 5.23. The van der Waals surface area contributed by atoms with Gasteiger partial charge in [0.1, 0.15) is 0 Å². The summed E-state index contributed by atoms with van der Waals surface area (Å²) in [6.45, 7) is 1.88. The third-order valence-electron chi connectivity index (χ3n) is 1.91. The van der Waals surface area contributed by atoms with Crippen molar-refractivity contribution in [3.8, 4) is 0 Å². The summed E-state index contributed by atoms with van der Waals surface area (Å²) >= 11 is 4.23. The first-order chi connectivity index (χ1) is 9.17. The molecule has 0 aliphatic heterocycles. The predicted octanol–water partition coefficient (Wildman–Crippen LogP) is 2.43. The summed E-state index contributed by atoms with van der Waals surface area (Å²) in [7, 11) is 0. The highest BCUT2D eigenvalue weighted by Gasteiger charge is 2.10. The van der Waals surface area contributed by atoms with Gasteiger partial charge in [-0.3, -0.25) is 4.79 Å². The molecule has 1 amide bonds. The van der Waals surface area contributed by atoms with E-state index in [0.29, 0.717) is 22.0 Å². The number of anilines is 1. The van der Waals surface area contributed by atoms with E-state index in [1.807, 2.05) is 18.6 Å². The van der Waals surface area contributed by atoms with Gasteiger partial charge in [0.2, 0.25) is 11.8 Å². The Hall–Kier alpha value is -1.06. The maximum Gasteiger partial charge on any atom is 0.277 e. The van der Waals surface area contributed by atoms with Crippen LogP contribution in [0.1, 0.15) is 11.6 Å². The van der Waals surface area contributed by atoms with Crippen LogP contribution in [0.2, 0.25) is 0 Å². The lowest BCUT2D eigenvalue weighted by atomic mass is 10.6. The van der Waals surface area contributed by atoms with Crippen LogP contribution in [0, 0.1) is 6.92 Å². The second kappa shape index (κ2) is 6.92. The molecule has 102 valence electrons. The molecule has 2 rings (SSSR count). The Labute approximate surface area is 122 Å². The van der Waals surface area contributed by atoms with E-state index < -0.39 is 0 Å². The molecular weight excluding hydrogens is 304 g/mol. The molecule has 0 aromatic carbocycles. The lowest BCUT2D eigenvalue weighted by Gasteiger charge is -1.98. The average Bonchev–Trinajstić information content (AvgIpc) is 2.97. The van der Waals surface area contributed by atoms with Gasteiger partial charge in [-0.05, 0) is 13.2 Å². The zero-order valence-electron chi connectivity index (χ0n) is 10.4. The molecule has 2 heterocycles. The lowest BCUT2D eigenvalue weighted by Crippen LogP contribution is -2.13. The normalized spacial score (nSPS) is 10.6. The van der Waals surface area contributed by atoms with Gasteiger partial charge in [-0.2, -0.15) is 11.8 Å². The van der Waals surface area contributed by atoms with Crippen molar-refractivity contribution in [2.75, 3.05) is 17.3 Å². The molecular formula is C10H12N4O2S3. The van der Waals surface area contributed by atoms with E-state index in [-0.39, 0.29) is 11.7 Å². The predicted molar refractivity (Wildman–Crippen MR) is 77.7 cm³/mol. The fraction of sp³-hybridized carbons (Fsp3) is 0.400. The molecule has 19 heavy (non-hydrogen) atoms. The fourth-order valence-corrected chi connectivity index (χ4v) is 2.82. The highest BCUT2D eigenvalue weighted by molar-refractivity contribution is 7.99.